The lowest BCUT2D eigenvalue weighted by Crippen LogP contribution is -2.49. The van der Waals surface area contributed by atoms with E-state index in [9.17, 15) is 10.1 Å². The Balaban J connectivity index is 3.11. The molecule has 1 amide bonds. The molecule has 3 atom stereocenters. The molecule has 1 saturated heterocycles. The van der Waals surface area contributed by atoms with Crippen molar-refractivity contribution in [3.05, 3.63) is 12.7 Å². The highest BCUT2D eigenvalue weighted by Gasteiger charge is 2.52. The van der Waals surface area contributed by atoms with E-state index < -0.39 is 26.6 Å². The lowest BCUT2D eigenvalue weighted by molar-refractivity contribution is -0.137. The molecule has 0 aromatic heterocycles. The van der Waals surface area contributed by atoms with Crippen molar-refractivity contribution in [1.29, 1.82) is 5.26 Å². The zero-order valence-electron chi connectivity index (χ0n) is 13.8. The minimum absolute atomic E-state index is 0.000200. The topological polar surface area (TPSA) is 62.6 Å². The molecule has 0 radical (unpaired) electrons. The van der Waals surface area contributed by atoms with Gasteiger partial charge in [0.05, 0.1) is 6.07 Å². The standard InChI is InChI=1S/C15H26N2O3Si/c1-8-9-17-11(10-16)12(13(19-5)14(17)18)20-21(6,7)15(2,3)4/h8,11-13H,1,9H2,2-7H3/t11-,12-,13+/m0/s1. The van der Waals surface area contributed by atoms with Crippen LogP contribution in [0.4, 0.5) is 0 Å². The number of amides is 1. The number of nitriles is 1. The highest BCUT2D eigenvalue weighted by Crippen LogP contribution is 2.39. The Hall–Kier alpha value is -1.16. The van der Waals surface area contributed by atoms with Gasteiger partial charge in [0.25, 0.3) is 5.91 Å². The van der Waals surface area contributed by atoms with Gasteiger partial charge in [-0.2, -0.15) is 5.26 Å². The van der Waals surface area contributed by atoms with Gasteiger partial charge in [0.15, 0.2) is 14.4 Å². The Kier molecular flexibility index (Phi) is 5.37. The summed E-state index contributed by atoms with van der Waals surface area (Å²) in [6.07, 6.45) is 0.348. The third-order valence-corrected chi connectivity index (χ3v) is 8.89. The minimum atomic E-state index is -2.10. The second-order valence-electron chi connectivity index (χ2n) is 6.85. The molecular weight excluding hydrogens is 284 g/mol. The third-order valence-electron chi connectivity index (χ3n) is 4.42. The fraction of sp³-hybridized carbons (Fsp3) is 0.733. The van der Waals surface area contributed by atoms with E-state index in [1.54, 1.807) is 6.08 Å². The molecular formula is C15H26N2O3Si. The Morgan fingerprint density at radius 2 is 2.05 bits per heavy atom. The van der Waals surface area contributed by atoms with Crippen LogP contribution in [0.25, 0.3) is 0 Å². The summed E-state index contributed by atoms with van der Waals surface area (Å²) in [5.74, 6) is -0.201. The molecule has 1 aliphatic rings. The van der Waals surface area contributed by atoms with E-state index >= 15 is 0 Å². The summed E-state index contributed by atoms with van der Waals surface area (Å²) in [6.45, 7) is 14.6. The normalized spacial score (nSPS) is 26.8. The van der Waals surface area contributed by atoms with Gasteiger partial charge in [0.1, 0.15) is 12.1 Å². The van der Waals surface area contributed by atoms with Crippen molar-refractivity contribution >= 4 is 14.2 Å². The first-order chi connectivity index (χ1) is 9.60. The van der Waals surface area contributed by atoms with Crippen LogP contribution >= 0.6 is 0 Å². The molecule has 0 aromatic carbocycles. The molecule has 1 aliphatic heterocycles. The Morgan fingerprint density at radius 1 is 1.48 bits per heavy atom. The lowest BCUT2D eigenvalue weighted by atomic mass is 10.1. The van der Waals surface area contributed by atoms with Crippen molar-refractivity contribution in [2.75, 3.05) is 13.7 Å². The van der Waals surface area contributed by atoms with Gasteiger partial charge in [-0.1, -0.05) is 26.8 Å². The average molecular weight is 310 g/mol. The SMILES string of the molecule is C=CCN1C(=O)[C@H](OC)[C@@H](O[Si](C)(C)C(C)(C)C)[C@@H]1C#N. The first-order valence-electron chi connectivity index (χ1n) is 7.12. The third kappa shape index (κ3) is 3.36. The number of carbonyl (C=O) groups excluding carboxylic acids is 1. The number of likely N-dealkylation sites (tertiary alicyclic amines) is 1. The van der Waals surface area contributed by atoms with Gasteiger partial charge >= 0.3 is 0 Å². The summed E-state index contributed by atoms with van der Waals surface area (Å²) in [6, 6.07) is 1.56. The van der Waals surface area contributed by atoms with Crippen LogP contribution in [0.3, 0.4) is 0 Å². The van der Waals surface area contributed by atoms with Gasteiger partial charge in [0, 0.05) is 13.7 Å². The molecule has 0 N–H and O–H groups in total. The fourth-order valence-corrected chi connectivity index (χ4v) is 3.43. The molecule has 1 heterocycles. The van der Waals surface area contributed by atoms with Crippen LogP contribution in [0.5, 0.6) is 0 Å². The van der Waals surface area contributed by atoms with E-state index in [1.165, 1.54) is 12.0 Å². The fourth-order valence-electron chi connectivity index (χ4n) is 2.15. The zero-order valence-corrected chi connectivity index (χ0v) is 14.8. The summed E-state index contributed by atoms with van der Waals surface area (Å²) in [4.78, 5) is 13.9. The van der Waals surface area contributed by atoms with Crippen LogP contribution in [0.1, 0.15) is 20.8 Å². The van der Waals surface area contributed by atoms with Crippen molar-refractivity contribution in [2.45, 2.75) is 57.2 Å². The lowest BCUT2D eigenvalue weighted by Gasteiger charge is -2.39. The van der Waals surface area contributed by atoms with Gasteiger partial charge in [-0.05, 0) is 18.1 Å². The highest BCUT2D eigenvalue weighted by molar-refractivity contribution is 6.74. The molecule has 0 unspecified atom stereocenters. The molecule has 0 bridgehead atoms. The van der Waals surface area contributed by atoms with E-state index in [-0.39, 0.29) is 10.9 Å². The predicted molar refractivity (Wildman–Crippen MR) is 84.2 cm³/mol. The maximum atomic E-state index is 12.4. The molecule has 0 spiro atoms. The minimum Gasteiger partial charge on any atom is -0.407 e. The van der Waals surface area contributed by atoms with Crippen molar-refractivity contribution in [3.8, 4) is 6.07 Å². The van der Waals surface area contributed by atoms with Crippen LogP contribution in [0, 0.1) is 11.3 Å². The maximum Gasteiger partial charge on any atom is 0.255 e. The molecule has 0 aliphatic carbocycles. The average Bonchev–Trinajstić information content (AvgIpc) is 2.60. The van der Waals surface area contributed by atoms with Crippen molar-refractivity contribution in [1.82, 2.24) is 4.90 Å². The van der Waals surface area contributed by atoms with Gasteiger partial charge in [-0.25, -0.2) is 0 Å². The first kappa shape index (κ1) is 17.9. The molecule has 5 nitrogen and oxygen atoms in total. The predicted octanol–water partition coefficient (Wildman–Crippen LogP) is 2.31. The second kappa shape index (κ2) is 6.30. The number of hydrogen-bond acceptors (Lipinski definition) is 4. The monoisotopic (exact) mass is 310 g/mol. The molecule has 0 saturated carbocycles. The summed E-state index contributed by atoms with van der Waals surface area (Å²) < 4.78 is 11.6. The Labute approximate surface area is 128 Å². The smallest absolute Gasteiger partial charge is 0.255 e. The number of hydrogen-bond donors (Lipinski definition) is 0. The second-order valence-corrected chi connectivity index (χ2v) is 11.6. The van der Waals surface area contributed by atoms with Crippen LogP contribution in [0.2, 0.25) is 18.1 Å². The number of methoxy groups -OCH3 is 1. The van der Waals surface area contributed by atoms with Gasteiger partial charge in [0.2, 0.25) is 0 Å². The molecule has 6 heteroatoms. The first-order valence-corrected chi connectivity index (χ1v) is 10.0. The van der Waals surface area contributed by atoms with Crippen LogP contribution < -0.4 is 0 Å². The van der Waals surface area contributed by atoms with Gasteiger partial charge < -0.3 is 14.1 Å². The summed E-state index contributed by atoms with van der Waals surface area (Å²) in [5, 5.41) is 9.47. The number of nitrogens with zero attached hydrogens (tertiary/aromatic N) is 2. The van der Waals surface area contributed by atoms with Crippen molar-refractivity contribution in [2.24, 2.45) is 0 Å². The van der Waals surface area contributed by atoms with Crippen LogP contribution in [-0.4, -0.2) is 51.0 Å². The van der Waals surface area contributed by atoms with Crippen molar-refractivity contribution < 1.29 is 14.0 Å². The number of carbonyl (C=O) groups is 1. The Bertz CT molecular complexity index is 451. The van der Waals surface area contributed by atoms with E-state index in [1.807, 2.05) is 0 Å². The van der Waals surface area contributed by atoms with Crippen molar-refractivity contribution in [3.63, 3.8) is 0 Å². The van der Waals surface area contributed by atoms with E-state index in [0.29, 0.717) is 6.54 Å². The quantitative estimate of drug-likeness (QED) is 0.577. The molecule has 118 valence electrons. The van der Waals surface area contributed by atoms with Gasteiger partial charge in [-0.3, -0.25) is 4.79 Å². The molecule has 1 rings (SSSR count). The van der Waals surface area contributed by atoms with E-state index in [4.69, 9.17) is 9.16 Å². The summed E-state index contributed by atoms with van der Waals surface area (Å²) >= 11 is 0. The summed E-state index contributed by atoms with van der Waals surface area (Å²) in [7, 11) is -0.621. The summed E-state index contributed by atoms with van der Waals surface area (Å²) in [5.41, 5.74) is 0. The number of rotatable bonds is 5. The molecule has 1 fully saturated rings. The van der Waals surface area contributed by atoms with E-state index in [0.717, 1.165) is 0 Å². The molecule has 0 aromatic rings. The zero-order chi connectivity index (χ0) is 16.4. The van der Waals surface area contributed by atoms with E-state index in [2.05, 4.69) is 46.5 Å². The number of ether oxygens (including phenoxy) is 1. The van der Waals surface area contributed by atoms with Crippen LogP contribution in [0.15, 0.2) is 12.7 Å². The maximum absolute atomic E-state index is 12.4. The Morgan fingerprint density at radius 3 is 2.43 bits per heavy atom. The largest absolute Gasteiger partial charge is 0.407 e. The van der Waals surface area contributed by atoms with Gasteiger partial charge in [-0.15, -0.1) is 6.58 Å². The van der Waals surface area contributed by atoms with Crippen LogP contribution in [-0.2, 0) is 14.0 Å². The molecule has 21 heavy (non-hydrogen) atoms. The highest BCUT2D eigenvalue weighted by atomic mass is 28.4.